The number of aryl methyl sites for hydroxylation is 1. The Morgan fingerprint density at radius 1 is 1.14 bits per heavy atom. The average molecular weight is 343 g/mol. The molecule has 0 aliphatic carbocycles. The zero-order valence-electron chi connectivity index (χ0n) is 12.6. The third-order valence-corrected chi connectivity index (χ3v) is 4.46. The Balaban J connectivity index is 1.96. The van der Waals surface area contributed by atoms with Crippen LogP contribution in [0.3, 0.4) is 0 Å². The van der Waals surface area contributed by atoms with Gasteiger partial charge >= 0.3 is 0 Å². The molecule has 1 aromatic carbocycles. The van der Waals surface area contributed by atoms with E-state index in [9.17, 15) is 0 Å². The third kappa shape index (κ3) is 3.03. The molecule has 21 heavy (non-hydrogen) atoms. The number of pyridine rings is 1. The Morgan fingerprint density at radius 3 is 2.52 bits per heavy atom. The molecule has 0 saturated carbocycles. The van der Waals surface area contributed by atoms with Crippen LogP contribution in [0.15, 0.2) is 47.2 Å². The van der Waals surface area contributed by atoms with E-state index in [1.165, 1.54) is 16.7 Å². The van der Waals surface area contributed by atoms with Gasteiger partial charge in [0.25, 0.3) is 0 Å². The van der Waals surface area contributed by atoms with E-state index >= 15 is 0 Å². The Labute approximate surface area is 134 Å². The first-order chi connectivity index (χ1) is 10.0. The molecule has 0 radical (unpaired) electrons. The topological polar surface area (TPSA) is 17.3 Å². The van der Waals surface area contributed by atoms with Gasteiger partial charge in [0, 0.05) is 22.4 Å². The highest BCUT2D eigenvalue weighted by Gasteiger charge is 2.07. The van der Waals surface area contributed by atoms with E-state index in [2.05, 4.69) is 83.8 Å². The smallest absolute Gasteiger partial charge is 0.137 e. The van der Waals surface area contributed by atoms with Crippen molar-refractivity contribution in [2.45, 2.75) is 27.2 Å². The Morgan fingerprint density at radius 2 is 1.86 bits per heavy atom. The van der Waals surface area contributed by atoms with Gasteiger partial charge in [-0.25, -0.2) is 4.98 Å². The Hall–Kier alpha value is -1.61. The summed E-state index contributed by atoms with van der Waals surface area (Å²) in [5, 5.41) is 0. The number of hydrogen-bond acceptors (Lipinski definition) is 1. The van der Waals surface area contributed by atoms with Gasteiger partial charge in [-0.3, -0.25) is 0 Å². The lowest BCUT2D eigenvalue weighted by Gasteiger charge is -2.05. The van der Waals surface area contributed by atoms with Gasteiger partial charge in [-0.2, -0.15) is 0 Å². The molecule has 3 heteroatoms. The average Bonchev–Trinajstić information content (AvgIpc) is 2.82. The van der Waals surface area contributed by atoms with Crippen LogP contribution < -0.4 is 0 Å². The van der Waals surface area contributed by atoms with Crippen molar-refractivity contribution in [1.29, 1.82) is 0 Å². The van der Waals surface area contributed by atoms with Crippen LogP contribution in [0.1, 0.15) is 25.0 Å². The standard InChI is InChI=1S/C18H19BrN2/c1-12(2)8-14-4-6-15(7-5-14)17-11-21-10-16(19)13(3)9-18(21)20-17/h4-7,9-12H,8H2,1-3H3. The van der Waals surface area contributed by atoms with Crippen molar-refractivity contribution in [1.82, 2.24) is 9.38 Å². The first-order valence-electron chi connectivity index (χ1n) is 7.27. The van der Waals surface area contributed by atoms with Gasteiger partial charge in [0.05, 0.1) is 5.69 Å². The molecule has 2 nitrogen and oxygen atoms in total. The summed E-state index contributed by atoms with van der Waals surface area (Å²) in [5.41, 5.74) is 5.75. The molecular formula is C18H19BrN2. The monoisotopic (exact) mass is 342 g/mol. The van der Waals surface area contributed by atoms with Gasteiger partial charge in [-0.15, -0.1) is 0 Å². The van der Waals surface area contributed by atoms with Gasteiger partial charge in [0.1, 0.15) is 5.65 Å². The van der Waals surface area contributed by atoms with Gasteiger partial charge in [-0.05, 0) is 52.4 Å². The molecule has 0 fully saturated rings. The van der Waals surface area contributed by atoms with Crippen LogP contribution in [0, 0.1) is 12.8 Å². The van der Waals surface area contributed by atoms with Crippen LogP contribution >= 0.6 is 15.9 Å². The molecule has 0 bridgehead atoms. The van der Waals surface area contributed by atoms with Crippen molar-refractivity contribution >= 4 is 21.6 Å². The van der Waals surface area contributed by atoms with Gasteiger partial charge < -0.3 is 4.40 Å². The minimum absolute atomic E-state index is 0.686. The Bertz CT molecular complexity index is 731. The summed E-state index contributed by atoms with van der Waals surface area (Å²) in [6.45, 7) is 6.57. The summed E-state index contributed by atoms with van der Waals surface area (Å²) in [4.78, 5) is 4.72. The summed E-state index contributed by atoms with van der Waals surface area (Å²) >= 11 is 3.57. The Kier molecular flexibility index (Phi) is 3.85. The molecule has 0 spiro atoms. The molecule has 2 heterocycles. The molecule has 0 unspecified atom stereocenters. The molecule has 0 aliphatic rings. The molecular weight excluding hydrogens is 324 g/mol. The van der Waals surface area contributed by atoms with Crippen LogP contribution in [-0.2, 0) is 6.42 Å². The number of rotatable bonds is 3. The number of aromatic nitrogens is 2. The number of fused-ring (bicyclic) bond motifs is 1. The molecule has 0 amide bonds. The maximum Gasteiger partial charge on any atom is 0.137 e. The summed E-state index contributed by atoms with van der Waals surface area (Å²) in [6.07, 6.45) is 5.27. The highest BCUT2D eigenvalue weighted by atomic mass is 79.9. The third-order valence-electron chi connectivity index (χ3n) is 3.63. The van der Waals surface area contributed by atoms with Crippen LogP contribution in [0.25, 0.3) is 16.9 Å². The van der Waals surface area contributed by atoms with E-state index in [-0.39, 0.29) is 0 Å². The number of halogens is 1. The molecule has 0 N–H and O–H groups in total. The van der Waals surface area contributed by atoms with E-state index in [4.69, 9.17) is 4.98 Å². The normalized spacial score (nSPS) is 11.5. The van der Waals surface area contributed by atoms with E-state index in [0.29, 0.717) is 5.92 Å². The second-order valence-corrected chi connectivity index (χ2v) is 6.85. The van der Waals surface area contributed by atoms with Crippen molar-refractivity contribution in [2.75, 3.05) is 0 Å². The first-order valence-corrected chi connectivity index (χ1v) is 8.06. The fourth-order valence-corrected chi connectivity index (χ4v) is 2.86. The van der Waals surface area contributed by atoms with Crippen molar-refractivity contribution in [3.63, 3.8) is 0 Å². The van der Waals surface area contributed by atoms with Crippen LogP contribution in [0.5, 0.6) is 0 Å². The maximum absolute atomic E-state index is 4.72. The minimum Gasteiger partial charge on any atom is -0.305 e. The largest absolute Gasteiger partial charge is 0.305 e. The number of nitrogens with zero attached hydrogens (tertiary/aromatic N) is 2. The number of benzene rings is 1. The van der Waals surface area contributed by atoms with Crippen LogP contribution in [0.2, 0.25) is 0 Å². The van der Waals surface area contributed by atoms with E-state index in [0.717, 1.165) is 22.2 Å². The van der Waals surface area contributed by atoms with Gasteiger partial charge in [0.2, 0.25) is 0 Å². The van der Waals surface area contributed by atoms with E-state index in [1.807, 2.05) is 0 Å². The van der Waals surface area contributed by atoms with E-state index in [1.54, 1.807) is 0 Å². The van der Waals surface area contributed by atoms with Crippen molar-refractivity contribution in [2.24, 2.45) is 5.92 Å². The SMILES string of the molecule is Cc1cc2nc(-c3ccc(CC(C)C)cc3)cn2cc1Br. The van der Waals surface area contributed by atoms with Crippen LogP contribution in [0.4, 0.5) is 0 Å². The summed E-state index contributed by atoms with van der Waals surface area (Å²) in [6, 6.07) is 10.9. The maximum atomic E-state index is 4.72. The highest BCUT2D eigenvalue weighted by Crippen LogP contribution is 2.23. The highest BCUT2D eigenvalue weighted by molar-refractivity contribution is 9.10. The minimum atomic E-state index is 0.686. The van der Waals surface area contributed by atoms with Crippen LogP contribution in [-0.4, -0.2) is 9.38 Å². The summed E-state index contributed by atoms with van der Waals surface area (Å²) < 4.78 is 3.17. The number of imidazole rings is 1. The fourth-order valence-electron chi connectivity index (χ4n) is 2.53. The lowest BCUT2D eigenvalue weighted by molar-refractivity contribution is 0.647. The molecule has 2 aromatic heterocycles. The lowest BCUT2D eigenvalue weighted by atomic mass is 10.0. The zero-order chi connectivity index (χ0) is 15.0. The molecule has 0 saturated heterocycles. The zero-order valence-corrected chi connectivity index (χ0v) is 14.2. The summed E-state index contributed by atoms with van der Waals surface area (Å²) in [7, 11) is 0. The number of hydrogen-bond donors (Lipinski definition) is 0. The molecule has 0 aliphatic heterocycles. The van der Waals surface area contributed by atoms with E-state index < -0.39 is 0 Å². The fraction of sp³-hybridized carbons (Fsp3) is 0.278. The van der Waals surface area contributed by atoms with Crippen molar-refractivity contribution < 1.29 is 0 Å². The second kappa shape index (κ2) is 5.64. The second-order valence-electron chi connectivity index (χ2n) is 5.99. The quantitative estimate of drug-likeness (QED) is 0.633. The first kappa shape index (κ1) is 14.3. The molecule has 3 rings (SSSR count). The van der Waals surface area contributed by atoms with Gasteiger partial charge in [-0.1, -0.05) is 38.1 Å². The summed E-state index contributed by atoms with van der Waals surface area (Å²) in [5.74, 6) is 0.686. The van der Waals surface area contributed by atoms with Crippen molar-refractivity contribution in [3.05, 3.63) is 58.3 Å². The predicted octanol–water partition coefficient (Wildman–Crippen LogP) is 5.27. The van der Waals surface area contributed by atoms with Gasteiger partial charge in [0.15, 0.2) is 0 Å². The predicted molar refractivity (Wildman–Crippen MR) is 91.6 cm³/mol. The molecule has 3 aromatic rings. The molecule has 0 atom stereocenters. The lowest BCUT2D eigenvalue weighted by Crippen LogP contribution is -1.93. The molecule has 108 valence electrons. The van der Waals surface area contributed by atoms with Crippen molar-refractivity contribution in [3.8, 4) is 11.3 Å².